The Morgan fingerprint density at radius 2 is 2.17 bits per heavy atom. The van der Waals surface area contributed by atoms with Gasteiger partial charge in [0, 0.05) is 13.1 Å². The molecule has 3 rings (SSSR count). The average molecular weight is 327 g/mol. The number of hydrogen-bond acceptors (Lipinski definition) is 5. The third kappa shape index (κ3) is 3.01. The van der Waals surface area contributed by atoms with Crippen LogP contribution >= 0.6 is 0 Å². The van der Waals surface area contributed by atoms with Gasteiger partial charge in [-0.05, 0) is 44.2 Å². The van der Waals surface area contributed by atoms with Crippen LogP contribution in [0.25, 0.3) is 10.9 Å². The summed E-state index contributed by atoms with van der Waals surface area (Å²) in [6.07, 6.45) is 1.80. The predicted molar refractivity (Wildman–Crippen MR) is 91.1 cm³/mol. The van der Waals surface area contributed by atoms with Gasteiger partial charge in [-0.3, -0.25) is 19.0 Å². The Morgan fingerprint density at radius 3 is 2.83 bits per heavy atom. The number of rotatable bonds is 4. The molecular formula is C18H21N3O3. The van der Waals surface area contributed by atoms with E-state index in [1.165, 1.54) is 0 Å². The largest absolute Gasteiger partial charge is 0.307 e. The molecule has 1 aromatic heterocycles. The zero-order valence-corrected chi connectivity index (χ0v) is 13.9. The number of ketones is 1. The van der Waals surface area contributed by atoms with Gasteiger partial charge in [-0.2, -0.15) is 0 Å². The van der Waals surface area contributed by atoms with Crippen molar-refractivity contribution in [3.8, 4) is 0 Å². The summed E-state index contributed by atoms with van der Waals surface area (Å²) < 4.78 is 1.73. The number of aryl methyl sites for hydroxylation is 2. The molecular weight excluding hydrogens is 306 g/mol. The summed E-state index contributed by atoms with van der Waals surface area (Å²) in [5.74, 6) is 0.536. The van der Waals surface area contributed by atoms with Crippen LogP contribution in [0.15, 0.2) is 23.0 Å². The number of Topliss-reactive ketones (excluding diaryl/α,β-unsaturated/α-hetero) is 1. The molecule has 24 heavy (non-hydrogen) atoms. The van der Waals surface area contributed by atoms with Crippen LogP contribution in [0.1, 0.15) is 24.2 Å². The molecule has 0 spiro atoms. The Balaban J connectivity index is 1.84. The monoisotopic (exact) mass is 327 g/mol. The Hall–Kier alpha value is -2.34. The fraction of sp³-hybridized carbons (Fsp3) is 0.444. The Morgan fingerprint density at radius 1 is 1.38 bits per heavy atom. The maximum absolute atomic E-state index is 12.9. The van der Waals surface area contributed by atoms with E-state index in [9.17, 15) is 14.4 Å². The van der Waals surface area contributed by atoms with Crippen LogP contribution in [-0.2, 0) is 16.1 Å². The first-order valence-corrected chi connectivity index (χ1v) is 8.20. The van der Waals surface area contributed by atoms with Crippen molar-refractivity contribution >= 4 is 23.0 Å². The first kappa shape index (κ1) is 16.5. The molecule has 0 amide bonds. The van der Waals surface area contributed by atoms with E-state index in [0.717, 1.165) is 17.5 Å². The van der Waals surface area contributed by atoms with Gasteiger partial charge in [0.15, 0.2) is 6.29 Å². The molecule has 1 aromatic carbocycles. The van der Waals surface area contributed by atoms with Gasteiger partial charge in [-0.15, -0.1) is 0 Å². The second-order valence-corrected chi connectivity index (χ2v) is 6.47. The Kier molecular flexibility index (Phi) is 4.57. The molecule has 2 atom stereocenters. The minimum Gasteiger partial charge on any atom is -0.307 e. The number of nitrogens with zero attached hydrogens (tertiary/aromatic N) is 2. The SMILES string of the molecule is Cc1cccc2nc(C)n(CC3CCC(C(=O)C=O)NC3)c(=O)c12. The first-order chi connectivity index (χ1) is 11.5. The van der Waals surface area contributed by atoms with E-state index in [-0.39, 0.29) is 17.5 Å². The summed E-state index contributed by atoms with van der Waals surface area (Å²) in [5.41, 5.74) is 1.64. The highest BCUT2D eigenvalue weighted by molar-refractivity contribution is 6.27. The number of nitrogens with one attached hydrogen (secondary N) is 1. The van der Waals surface area contributed by atoms with Gasteiger partial charge in [-0.25, -0.2) is 4.98 Å². The summed E-state index contributed by atoms with van der Waals surface area (Å²) in [5, 5.41) is 3.78. The predicted octanol–water partition coefficient (Wildman–Crippen LogP) is 1.15. The van der Waals surface area contributed by atoms with Crippen molar-refractivity contribution in [1.29, 1.82) is 0 Å². The lowest BCUT2D eigenvalue weighted by atomic mass is 9.93. The Labute approximate surface area is 139 Å². The number of fused-ring (bicyclic) bond motifs is 1. The van der Waals surface area contributed by atoms with E-state index >= 15 is 0 Å². The lowest BCUT2D eigenvalue weighted by Gasteiger charge is -2.28. The van der Waals surface area contributed by atoms with Gasteiger partial charge in [-0.1, -0.05) is 12.1 Å². The maximum atomic E-state index is 12.9. The minimum atomic E-state index is -0.398. The molecule has 2 unspecified atom stereocenters. The number of hydrogen-bond donors (Lipinski definition) is 1. The third-order valence-electron chi connectivity index (χ3n) is 4.80. The van der Waals surface area contributed by atoms with E-state index in [1.807, 2.05) is 32.0 Å². The fourth-order valence-electron chi connectivity index (χ4n) is 3.41. The van der Waals surface area contributed by atoms with Crippen molar-refractivity contribution in [3.63, 3.8) is 0 Å². The van der Waals surface area contributed by atoms with Crippen LogP contribution < -0.4 is 10.9 Å². The lowest BCUT2D eigenvalue weighted by molar-refractivity contribution is -0.131. The third-order valence-corrected chi connectivity index (χ3v) is 4.80. The van der Waals surface area contributed by atoms with E-state index in [4.69, 9.17) is 0 Å². The highest BCUT2D eigenvalue weighted by Crippen LogP contribution is 2.18. The summed E-state index contributed by atoms with van der Waals surface area (Å²) in [4.78, 5) is 39.4. The molecule has 2 heterocycles. The molecule has 2 aromatic rings. The molecule has 1 aliphatic heterocycles. The van der Waals surface area contributed by atoms with Gasteiger partial charge in [0.2, 0.25) is 5.78 Å². The van der Waals surface area contributed by atoms with Gasteiger partial charge < -0.3 is 5.32 Å². The van der Waals surface area contributed by atoms with Crippen molar-refractivity contribution < 1.29 is 9.59 Å². The standard InChI is InChI=1S/C18H21N3O3/c1-11-4-3-5-15-17(11)18(24)21(12(2)20-15)9-13-6-7-14(19-8-13)16(23)10-22/h3-5,10,13-14,19H,6-9H2,1-2H3. The van der Waals surface area contributed by atoms with Gasteiger partial charge in [0.25, 0.3) is 5.56 Å². The van der Waals surface area contributed by atoms with Crippen LogP contribution in [0.4, 0.5) is 0 Å². The molecule has 1 saturated heterocycles. The molecule has 126 valence electrons. The number of carbonyl (C=O) groups excluding carboxylic acids is 2. The molecule has 0 aliphatic carbocycles. The summed E-state index contributed by atoms with van der Waals surface area (Å²) in [6, 6.07) is 5.30. The molecule has 6 heteroatoms. The molecule has 0 bridgehead atoms. The van der Waals surface area contributed by atoms with E-state index < -0.39 is 5.78 Å². The van der Waals surface area contributed by atoms with Crippen LogP contribution in [0, 0.1) is 19.8 Å². The second kappa shape index (κ2) is 6.65. The van der Waals surface area contributed by atoms with Crippen molar-refractivity contribution in [1.82, 2.24) is 14.9 Å². The fourth-order valence-corrected chi connectivity index (χ4v) is 3.41. The number of benzene rings is 1. The number of aromatic nitrogens is 2. The smallest absolute Gasteiger partial charge is 0.261 e. The molecule has 1 aliphatic rings. The van der Waals surface area contributed by atoms with Gasteiger partial charge >= 0.3 is 0 Å². The van der Waals surface area contributed by atoms with Crippen molar-refractivity contribution in [2.75, 3.05) is 6.54 Å². The topological polar surface area (TPSA) is 81.1 Å². The normalized spacial score (nSPS) is 20.9. The Bertz CT molecular complexity index is 848. The minimum absolute atomic E-state index is 0.0123. The summed E-state index contributed by atoms with van der Waals surface area (Å²) in [7, 11) is 0. The second-order valence-electron chi connectivity index (χ2n) is 6.47. The van der Waals surface area contributed by atoms with Crippen LogP contribution in [-0.4, -0.2) is 34.2 Å². The zero-order chi connectivity index (χ0) is 17.3. The van der Waals surface area contributed by atoms with E-state index in [2.05, 4.69) is 10.3 Å². The van der Waals surface area contributed by atoms with Crippen LogP contribution in [0.2, 0.25) is 0 Å². The molecule has 1 N–H and O–H groups in total. The maximum Gasteiger partial charge on any atom is 0.261 e. The summed E-state index contributed by atoms with van der Waals surface area (Å²) >= 11 is 0. The molecule has 6 nitrogen and oxygen atoms in total. The molecule has 0 radical (unpaired) electrons. The molecule has 1 fully saturated rings. The highest BCUT2D eigenvalue weighted by Gasteiger charge is 2.26. The lowest BCUT2D eigenvalue weighted by Crippen LogP contribution is -2.46. The van der Waals surface area contributed by atoms with Gasteiger partial charge in [0.1, 0.15) is 5.82 Å². The van der Waals surface area contributed by atoms with Gasteiger partial charge in [0.05, 0.1) is 16.9 Å². The zero-order valence-electron chi connectivity index (χ0n) is 13.9. The van der Waals surface area contributed by atoms with Crippen molar-refractivity contribution in [3.05, 3.63) is 39.9 Å². The van der Waals surface area contributed by atoms with Crippen molar-refractivity contribution in [2.45, 2.75) is 39.3 Å². The number of carbonyl (C=O) groups is 2. The highest BCUT2D eigenvalue weighted by atomic mass is 16.2. The van der Waals surface area contributed by atoms with E-state index in [1.54, 1.807) is 4.57 Å². The summed E-state index contributed by atoms with van der Waals surface area (Å²) in [6.45, 7) is 4.94. The number of piperidine rings is 1. The average Bonchev–Trinajstić information content (AvgIpc) is 2.58. The van der Waals surface area contributed by atoms with Crippen molar-refractivity contribution in [2.24, 2.45) is 5.92 Å². The number of aldehydes is 1. The van der Waals surface area contributed by atoms with Crippen LogP contribution in [0.3, 0.4) is 0 Å². The van der Waals surface area contributed by atoms with E-state index in [0.29, 0.717) is 37.0 Å². The molecule has 0 saturated carbocycles. The van der Waals surface area contributed by atoms with Crippen LogP contribution in [0.5, 0.6) is 0 Å². The first-order valence-electron chi connectivity index (χ1n) is 8.20. The quantitative estimate of drug-likeness (QED) is 0.673.